The lowest BCUT2D eigenvalue weighted by Crippen LogP contribution is -2.48. The maximum atomic E-state index is 13.3. The van der Waals surface area contributed by atoms with E-state index in [1.165, 1.54) is 0 Å². The minimum Gasteiger partial charge on any atom is -0.466 e. The summed E-state index contributed by atoms with van der Waals surface area (Å²) < 4.78 is 5.16. The average molecular weight is 588 g/mol. The van der Waals surface area contributed by atoms with E-state index in [1.54, 1.807) is 18.7 Å². The van der Waals surface area contributed by atoms with Crippen LogP contribution in [0.5, 0.6) is 0 Å². The molecular weight excluding hydrogens is 550 g/mol. The number of carbonyl (C=O) groups is 3. The van der Waals surface area contributed by atoms with Gasteiger partial charge in [-0.25, -0.2) is 9.97 Å². The first-order valence-corrected chi connectivity index (χ1v) is 15.5. The normalized spacial score (nSPS) is 15.9. The third-order valence-corrected chi connectivity index (χ3v) is 8.67. The summed E-state index contributed by atoms with van der Waals surface area (Å²) in [5, 5.41) is 0.665. The summed E-state index contributed by atoms with van der Waals surface area (Å²) in [6, 6.07) is 19.8. The van der Waals surface area contributed by atoms with E-state index in [0.29, 0.717) is 62.1 Å². The SMILES string of the molecule is CCOC(=O)C1CCN(C(=O)c2cccc(CSc3nc(-c4ccccc4)cc(N4CCN(C(C)=O)CC4)n3)c2)CC1. The molecule has 0 radical (unpaired) electrons. The number of anilines is 1. The third-order valence-electron chi connectivity index (χ3n) is 7.75. The van der Waals surface area contributed by atoms with Gasteiger partial charge >= 0.3 is 5.97 Å². The number of likely N-dealkylation sites (tertiary alicyclic amines) is 1. The smallest absolute Gasteiger partial charge is 0.309 e. The summed E-state index contributed by atoms with van der Waals surface area (Å²) in [4.78, 5) is 52.8. The second-order valence-electron chi connectivity index (χ2n) is 10.6. The van der Waals surface area contributed by atoms with Gasteiger partial charge in [0, 0.05) is 69.1 Å². The molecule has 9 nitrogen and oxygen atoms in total. The van der Waals surface area contributed by atoms with Gasteiger partial charge in [-0.05, 0) is 37.5 Å². The number of thioether (sulfide) groups is 1. The Hall–Kier alpha value is -3.92. The van der Waals surface area contributed by atoms with Crippen LogP contribution in [-0.4, -0.2) is 83.4 Å². The van der Waals surface area contributed by atoms with Gasteiger partial charge in [0.05, 0.1) is 18.2 Å². The Kier molecular flexibility index (Phi) is 9.74. The molecular formula is C32H37N5O4S. The molecule has 2 fully saturated rings. The molecule has 0 aliphatic carbocycles. The molecule has 0 unspecified atom stereocenters. The summed E-state index contributed by atoms with van der Waals surface area (Å²) in [6.45, 7) is 7.67. The van der Waals surface area contributed by atoms with E-state index in [4.69, 9.17) is 14.7 Å². The number of aromatic nitrogens is 2. The molecule has 0 bridgehead atoms. The Morgan fingerprint density at radius 1 is 0.881 bits per heavy atom. The minimum atomic E-state index is -0.163. The van der Waals surface area contributed by atoms with E-state index < -0.39 is 0 Å². The first-order chi connectivity index (χ1) is 20.4. The summed E-state index contributed by atoms with van der Waals surface area (Å²) in [6.07, 6.45) is 1.25. The lowest BCUT2D eigenvalue weighted by Gasteiger charge is -2.35. The molecule has 10 heteroatoms. The number of amides is 2. The number of carbonyl (C=O) groups excluding carboxylic acids is 3. The molecule has 2 aliphatic rings. The van der Waals surface area contributed by atoms with Crippen molar-refractivity contribution < 1.29 is 19.1 Å². The van der Waals surface area contributed by atoms with Crippen molar-refractivity contribution in [2.24, 2.45) is 5.92 Å². The van der Waals surface area contributed by atoms with Crippen LogP contribution in [0.15, 0.2) is 65.8 Å². The van der Waals surface area contributed by atoms with Gasteiger partial charge in [0.1, 0.15) is 5.82 Å². The molecule has 1 aromatic heterocycles. The highest BCUT2D eigenvalue weighted by atomic mass is 32.2. The van der Waals surface area contributed by atoms with Crippen molar-refractivity contribution >= 4 is 35.4 Å². The Morgan fingerprint density at radius 2 is 1.62 bits per heavy atom. The number of benzene rings is 2. The number of piperidine rings is 1. The number of piperazine rings is 1. The van der Waals surface area contributed by atoms with Gasteiger partial charge in [0.25, 0.3) is 5.91 Å². The number of hydrogen-bond donors (Lipinski definition) is 0. The Morgan fingerprint density at radius 3 is 2.31 bits per heavy atom. The van der Waals surface area contributed by atoms with Crippen LogP contribution in [0.3, 0.4) is 0 Å². The van der Waals surface area contributed by atoms with E-state index >= 15 is 0 Å². The van der Waals surface area contributed by atoms with Crippen LogP contribution in [-0.2, 0) is 20.1 Å². The summed E-state index contributed by atoms with van der Waals surface area (Å²) >= 11 is 1.54. The van der Waals surface area contributed by atoms with E-state index in [9.17, 15) is 14.4 Å². The Balaban J connectivity index is 1.27. The van der Waals surface area contributed by atoms with Crippen molar-refractivity contribution in [3.63, 3.8) is 0 Å². The highest BCUT2D eigenvalue weighted by molar-refractivity contribution is 7.98. The summed E-state index contributed by atoms with van der Waals surface area (Å²) in [7, 11) is 0. The van der Waals surface area contributed by atoms with Crippen LogP contribution < -0.4 is 4.90 Å². The number of rotatable bonds is 8. The average Bonchev–Trinajstić information content (AvgIpc) is 3.04. The molecule has 2 aromatic carbocycles. The van der Waals surface area contributed by atoms with Gasteiger partial charge in [0.2, 0.25) is 5.91 Å². The number of ether oxygens (including phenoxy) is 1. The van der Waals surface area contributed by atoms with Crippen LogP contribution in [0.25, 0.3) is 11.3 Å². The van der Waals surface area contributed by atoms with Crippen molar-refractivity contribution in [3.05, 3.63) is 71.8 Å². The van der Waals surface area contributed by atoms with Gasteiger partial charge in [-0.3, -0.25) is 14.4 Å². The lowest BCUT2D eigenvalue weighted by molar-refractivity contribution is -0.149. The topological polar surface area (TPSA) is 95.9 Å². The molecule has 3 aromatic rings. The molecule has 42 heavy (non-hydrogen) atoms. The van der Waals surface area contributed by atoms with Crippen LogP contribution in [0.4, 0.5) is 5.82 Å². The Bertz CT molecular complexity index is 1400. The first kappa shape index (κ1) is 29.6. The molecule has 0 N–H and O–H groups in total. The van der Waals surface area contributed by atoms with Crippen LogP contribution in [0, 0.1) is 5.92 Å². The van der Waals surface area contributed by atoms with Crippen LogP contribution >= 0.6 is 11.8 Å². The summed E-state index contributed by atoms with van der Waals surface area (Å²) in [5.41, 5.74) is 3.53. The van der Waals surface area contributed by atoms with E-state index in [1.807, 2.05) is 77.4 Å². The van der Waals surface area contributed by atoms with E-state index in [-0.39, 0.29) is 23.7 Å². The zero-order chi connectivity index (χ0) is 29.5. The van der Waals surface area contributed by atoms with Gasteiger partial charge in [0.15, 0.2) is 5.16 Å². The molecule has 3 heterocycles. The predicted octanol–water partition coefficient (Wildman–Crippen LogP) is 4.52. The zero-order valence-electron chi connectivity index (χ0n) is 24.2. The van der Waals surface area contributed by atoms with E-state index in [0.717, 1.165) is 35.7 Å². The minimum absolute atomic E-state index is 0.0153. The summed E-state index contributed by atoms with van der Waals surface area (Å²) in [5.74, 6) is 1.25. The molecule has 0 saturated carbocycles. The second-order valence-corrected chi connectivity index (χ2v) is 11.5. The Labute approximate surface area is 251 Å². The number of nitrogens with zero attached hydrogens (tertiary/aromatic N) is 5. The highest BCUT2D eigenvalue weighted by Gasteiger charge is 2.29. The highest BCUT2D eigenvalue weighted by Crippen LogP contribution is 2.28. The molecule has 2 amide bonds. The maximum Gasteiger partial charge on any atom is 0.309 e. The van der Waals surface area contributed by atoms with Gasteiger partial charge in [-0.15, -0.1) is 0 Å². The first-order valence-electron chi connectivity index (χ1n) is 14.5. The molecule has 5 rings (SSSR count). The van der Waals surface area contributed by atoms with Gasteiger partial charge < -0.3 is 19.4 Å². The molecule has 0 spiro atoms. The van der Waals surface area contributed by atoms with Gasteiger partial charge in [-0.1, -0.05) is 54.2 Å². The van der Waals surface area contributed by atoms with Crippen molar-refractivity contribution in [2.75, 3.05) is 50.8 Å². The van der Waals surface area contributed by atoms with Crippen LogP contribution in [0.2, 0.25) is 0 Å². The lowest BCUT2D eigenvalue weighted by atomic mass is 9.96. The molecule has 2 aliphatic heterocycles. The second kappa shape index (κ2) is 13.8. The van der Waals surface area contributed by atoms with Gasteiger partial charge in [-0.2, -0.15) is 0 Å². The monoisotopic (exact) mass is 587 g/mol. The molecule has 0 atom stereocenters. The fourth-order valence-corrected chi connectivity index (χ4v) is 6.15. The van der Waals surface area contributed by atoms with Crippen molar-refractivity contribution in [2.45, 2.75) is 37.6 Å². The quantitative estimate of drug-likeness (QED) is 0.216. The third kappa shape index (κ3) is 7.28. The van der Waals surface area contributed by atoms with Crippen molar-refractivity contribution in [3.8, 4) is 11.3 Å². The zero-order valence-corrected chi connectivity index (χ0v) is 25.0. The number of esters is 1. The van der Waals surface area contributed by atoms with Crippen LogP contribution in [0.1, 0.15) is 42.6 Å². The maximum absolute atomic E-state index is 13.3. The van der Waals surface area contributed by atoms with Crippen molar-refractivity contribution in [1.82, 2.24) is 19.8 Å². The molecule has 2 saturated heterocycles. The fraction of sp³-hybridized carbons (Fsp3) is 0.406. The fourth-order valence-electron chi connectivity index (χ4n) is 5.35. The molecule has 220 valence electrons. The number of hydrogen-bond acceptors (Lipinski definition) is 8. The largest absolute Gasteiger partial charge is 0.466 e. The van der Waals surface area contributed by atoms with E-state index in [2.05, 4.69) is 4.90 Å². The van der Waals surface area contributed by atoms with Crippen molar-refractivity contribution in [1.29, 1.82) is 0 Å². The standard InChI is InChI=1S/C32H37N5O4S/c1-3-41-31(40)26-12-14-37(15-13-26)30(39)27-11-7-8-24(20-27)22-42-32-33-28(25-9-5-4-6-10-25)21-29(34-32)36-18-16-35(17-19-36)23(2)38/h4-11,20-21,26H,3,12-19,22H2,1-2H3. The predicted molar refractivity (Wildman–Crippen MR) is 163 cm³/mol.